The molecule has 3 rings (SSSR count). The minimum atomic E-state index is -0.333. The van der Waals surface area contributed by atoms with Crippen LogP contribution in [0.4, 0.5) is 5.69 Å². The van der Waals surface area contributed by atoms with Crippen molar-refractivity contribution < 1.29 is 4.79 Å². The Hall–Kier alpha value is -2.40. The van der Waals surface area contributed by atoms with Gasteiger partial charge in [-0.2, -0.15) is 0 Å². The number of nitrogens with two attached hydrogens (primary N) is 1. The predicted molar refractivity (Wildman–Crippen MR) is 102 cm³/mol. The van der Waals surface area contributed by atoms with Gasteiger partial charge in [0.15, 0.2) is 0 Å². The SMILES string of the molecule is CN(C)c1ccc(-c2cncc(C(=O)NC(C)(CN)C3CC3)c2)cc1. The number of carbonyl (C=O) groups excluding carboxylic acids is 1. The van der Waals surface area contributed by atoms with E-state index in [9.17, 15) is 4.79 Å². The fourth-order valence-electron chi connectivity index (χ4n) is 3.05. The zero-order valence-electron chi connectivity index (χ0n) is 15.1. The lowest BCUT2D eigenvalue weighted by atomic mass is 9.95. The summed E-state index contributed by atoms with van der Waals surface area (Å²) in [6.07, 6.45) is 5.65. The summed E-state index contributed by atoms with van der Waals surface area (Å²) in [5.41, 5.74) is 9.23. The van der Waals surface area contributed by atoms with Crippen LogP contribution in [0.15, 0.2) is 42.7 Å². The molecule has 1 aromatic carbocycles. The third-order valence-electron chi connectivity index (χ3n) is 5.02. The van der Waals surface area contributed by atoms with Gasteiger partial charge >= 0.3 is 0 Å². The molecule has 1 aliphatic rings. The molecule has 1 fully saturated rings. The van der Waals surface area contributed by atoms with E-state index in [0.717, 1.165) is 29.7 Å². The van der Waals surface area contributed by atoms with Gasteiger partial charge in [0.2, 0.25) is 0 Å². The van der Waals surface area contributed by atoms with Crippen molar-refractivity contribution in [1.29, 1.82) is 0 Å². The Kier molecular flexibility index (Phi) is 4.77. The van der Waals surface area contributed by atoms with Crippen molar-refractivity contribution in [3.63, 3.8) is 0 Å². The number of rotatable bonds is 6. The maximum absolute atomic E-state index is 12.7. The van der Waals surface area contributed by atoms with Crippen molar-refractivity contribution in [3.05, 3.63) is 48.3 Å². The highest BCUT2D eigenvalue weighted by molar-refractivity contribution is 5.95. The Morgan fingerprint density at radius 3 is 2.48 bits per heavy atom. The van der Waals surface area contributed by atoms with Crippen LogP contribution in [0.5, 0.6) is 0 Å². The molecule has 1 atom stereocenters. The minimum Gasteiger partial charge on any atom is -0.378 e. The molecular formula is C20H26N4O. The van der Waals surface area contributed by atoms with E-state index in [2.05, 4.69) is 27.3 Å². The van der Waals surface area contributed by atoms with E-state index in [1.807, 2.05) is 39.2 Å². The largest absolute Gasteiger partial charge is 0.378 e. The summed E-state index contributed by atoms with van der Waals surface area (Å²) in [4.78, 5) is 19.0. The number of nitrogens with one attached hydrogen (secondary N) is 1. The summed E-state index contributed by atoms with van der Waals surface area (Å²) in [7, 11) is 4.02. The molecule has 0 spiro atoms. The van der Waals surface area contributed by atoms with Gasteiger partial charge in [0.05, 0.1) is 11.1 Å². The van der Waals surface area contributed by atoms with Crippen LogP contribution < -0.4 is 16.0 Å². The van der Waals surface area contributed by atoms with Crippen LogP contribution in [0.1, 0.15) is 30.1 Å². The van der Waals surface area contributed by atoms with E-state index in [4.69, 9.17) is 5.73 Å². The highest BCUT2D eigenvalue weighted by Crippen LogP contribution is 2.39. The Balaban J connectivity index is 1.80. The van der Waals surface area contributed by atoms with E-state index in [1.165, 1.54) is 0 Å². The molecule has 1 saturated carbocycles. The molecule has 1 aromatic heterocycles. The fourth-order valence-corrected chi connectivity index (χ4v) is 3.05. The smallest absolute Gasteiger partial charge is 0.253 e. The van der Waals surface area contributed by atoms with E-state index in [1.54, 1.807) is 12.4 Å². The molecule has 2 aromatic rings. The van der Waals surface area contributed by atoms with Gasteiger partial charge in [-0.15, -0.1) is 0 Å². The average molecular weight is 338 g/mol. The fraction of sp³-hybridized carbons (Fsp3) is 0.400. The molecule has 1 amide bonds. The molecule has 1 aliphatic carbocycles. The Bertz CT molecular complexity index is 753. The first-order chi connectivity index (χ1) is 11.9. The first-order valence-electron chi connectivity index (χ1n) is 8.68. The van der Waals surface area contributed by atoms with E-state index in [0.29, 0.717) is 18.0 Å². The Morgan fingerprint density at radius 1 is 1.24 bits per heavy atom. The van der Waals surface area contributed by atoms with E-state index < -0.39 is 0 Å². The highest BCUT2D eigenvalue weighted by atomic mass is 16.1. The van der Waals surface area contributed by atoms with Gasteiger partial charge in [-0.1, -0.05) is 12.1 Å². The van der Waals surface area contributed by atoms with Crippen LogP contribution in [-0.2, 0) is 0 Å². The van der Waals surface area contributed by atoms with Gasteiger partial charge < -0.3 is 16.0 Å². The van der Waals surface area contributed by atoms with Crippen LogP contribution in [0.25, 0.3) is 11.1 Å². The molecule has 0 bridgehead atoms. The standard InChI is InChI=1S/C20H26N4O/c1-20(13-21,17-6-7-17)23-19(25)16-10-15(11-22-12-16)14-4-8-18(9-5-14)24(2)3/h4-5,8-12,17H,6-7,13,21H2,1-3H3,(H,23,25). The second kappa shape index (κ2) is 6.84. The first kappa shape index (κ1) is 17.4. The van der Waals surface area contributed by atoms with Crippen LogP contribution in [-0.4, -0.2) is 37.1 Å². The molecular weight excluding hydrogens is 312 g/mol. The van der Waals surface area contributed by atoms with Gasteiger partial charge in [-0.25, -0.2) is 0 Å². The van der Waals surface area contributed by atoms with Gasteiger partial charge in [0.1, 0.15) is 0 Å². The summed E-state index contributed by atoms with van der Waals surface area (Å²) < 4.78 is 0. The molecule has 0 aliphatic heterocycles. The lowest BCUT2D eigenvalue weighted by molar-refractivity contribution is 0.0897. The molecule has 25 heavy (non-hydrogen) atoms. The molecule has 1 unspecified atom stereocenters. The zero-order valence-corrected chi connectivity index (χ0v) is 15.1. The second-order valence-electron chi connectivity index (χ2n) is 7.25. The third kappa shape index (κ3) is 3.82. The predicted octanol–water partition coefficient (Wildman–Crippen LogP) is 2.67. The molecule has 5 nitrogen and oxygen atoms in total. The highest BCUT2D eigenvalue weighted by Gasteiger charge is 2.41. The topological polar surface area (TPSA) is 71.2 Å². The molecule has 3 N–H and O–H groups in total. The summed E-state index contributed by atoms with van der Waals surface area (Å²) in [5, 5.41) is 3.11. The molecule has 0 radical (unpaired) electrons. The first-order valence-corrected chi connectivity index (χ1v) is 8.68. The number of carbonyl (C=O) groups is 1. The second-order valence-corrected chi connectivity index (χ2v) is 7.25. The van der Waals surface area contributed by atoms with Crippen molar-refractivity contribution in [2.24, 2.45) is 11.7 Å². The maximum Gasteiger partial charge on any atom is 0.253 e. The number of pyridine rings is 1. The average Bonchev–Trinajstić information content (AvgIpc) is 3.47. The van der Waals surface area contributed by atoms with Crippen molar-refractivity contribution >= 4 is 11.6 Å². The van der Waals surface area contributed by atoms with Gasteiger partial charge in [-0.05, 0) is 49.4 Å². The van der Waals surface area contributed by atoms with Crippen molar-refractivity contribution in [2.75, 3.05) is 25.5 Å². The monoisotopic (exact) mass is 338 g/mol. The van der Waals surface area contributed by atoms with Crippen molar-refractivity contribution in [1.82, 2.24) is 10.3 Å². The lowest BCUT2D eigenvalue weighted by Crippen LogP contribution is -2.53. The molecule has 0 saturated heterocycles. The van der Waals surface area contributed by atoms with Gasteiger partial charge in [-0.3, -0.25) is 9.78 Å². The quantitative estimate of drug-likeness (QED) is 0.849. The van der Waals surface area contributed by atoms with E-state index >= 15 is 0 Å². The summed E-state index contributed by atoms with van der Waals surface area (Å²) in [6.45, 7) is 2.47. The van der Waals surface area contributed by atoms with E-state index in [-0.39, 0.29) is 11.4 Å². The summed E-state index contributed by atoms with van der Waals surface area (Å²) in [5.74, 6) is 0.371. The van der Waals surface area contributed by atoms with Crippen LogP contribution in [0.3, 0.4) is 0 Å². The normalized spacial score (nSPS) is 16.2. The number of hydrogen-bond acceptors (Lipinski definition) is 4. The molecule has 5 heteroatoms. The minimum absolute atomic E-state index is 0.112. The Labute approximate surface area is 149 Å². The number of benzene rings is 1. The van der Waals surface area contributed by atoms with Crippen LogP contribution in [0.2, 0.25) is 0 Å². The van der Waals surface area contributed by atoms with Crippen LogP contribution >= 0.6 is 0 Å². The Morgan fingerprint density at radius 2 is 1.92 bits per heavy atom. The van der Waals surface area contributed by atoms with Gasteiger partial charge in [0, 0.05) is 44.3 Å². The molecule has 132 valence electrons. The molecule has 1 heterocycles. The summed E-state index contributed by atoms with van der Waals surface area (Å²) in [6, 6.07) is 10.1. The number of amides is 1. The summed E-state index contributed by atoms with van der Waals surface area (Å²) >= 11 is 0. The van der Waals surface area contributed by atoms with Crippen LogP contribution in [0, 0.1) is 5.92 Å². The van der Waals surface area contributed by atoms with Crippen molar-refractivity contribution in [2.45, 2.75) is 25.3 Å². The van der Waals surface area contributed by atoms with Crippen molar-refractivity contribution in [3.8, 4) is 11.1 Å². The zero-order chi connectivity index (χ0) is 18.0. The number of anilines is 1. The number of hydrogen-bond donors (Lipinski definition) is 2. The number of nitrogens with zero attached hydrogens (tertiary/aromatic N) is 2. The number of aromatic nitrogens is 1. The third-order valence-corrected chi connectivity index (χ3v) is 5.02. The van der Waals surface area contributed by atoms with Gasteiger partial charge in [0.25, 0.3) is 5.91 Å². The maximum atomic E-state index is 12.7. The lowest BCUT2D eigenvalue weighted by Gasteiger charge is -2.29.